The molecule has 0 bridgehead atoms. The van der Waals surface area contributed by atoms with E-state index in [1.165, 1.54) is 0 Å². The van der Waals surface area contributed by atoms with E-state index < -0.39 is 0 Å². The molecular weight excluding hydrogens is 252 g/mol. The number of anilines is 1. The molecule has 0 saturated carbocycles. The lowest BCUT2D eigenvalue weighted by Crippen LogP contribution is -2.15. The summed E-state index contributed by atoms with van der Waals surface area (Å²) in [6.07, 6.45) is 5.56. The average Bonchev–Trinajstić information content (AvgIpc) is 2.85. The molecule has 100 valence electrons. The second kappa shape index (κ2) is 5.13. The number of nitrogens with zero attached hydrogens (tertiary/aromatic N) is 2. The van der Waals surface area contributed by atoms with Crippen LogP contribution in [0, 0.1) is 6.92 Å². The molecule has 5 heteroatoms. The molecule has 3 rings (SSSR count). The Labute approximate surface area is 116 Å². The number of hydrogen-bond acceptors (Lipinski definition) is 3. The predicted molar refractivity (Wildman–Crippen MR) is 77.4 cm³/mol. The number of carbonyl (C=O) groups excluding carboxylic acids is 1. The van der Waals surface area contributed by atoms with Crippen molar-refractivity contribution < 1.29 is 4.79 Å². The van der Waals surface area contributed by atoms with Gasteiger partial charge in [0.2, 0.25) is 5.91 Å². The molecule has 0 atom stereocenters. The summed E-state index contributed by atoms with van der Waals surface area (Å²) in [4.78, 5) is 23.5. The summed E-state index contributed by atoms with van der Waals surface area (Å²) in [5, 5.41) is 3.85. The van der Waals surface area contributed by atoms with Crippen LogP contribution < -0.4 is 5.32 Å². The first-order chi connectivity index (χ1) is 9.74. The number of aromatic amines is 1. The average molecular weight is 266 g/mol. The van der Waals surface area contributed by atoms with Crippen LogP contribution in [0.4, 0.5) is 5.69 Å². The van der Waals surface area contributed by atoms with Gasteiger partial charge in [-0.1, -0.05) is 0 Å². The summed E-state index contributed by atoms with van der Waals surface area (Å²) in [6, 6.07) is 7.47. The molecular formula is C15H14N4O. The van der Waals surface area contributed by atoms with E-state index in [0.717, 1.165) is 28.0 Å². The van der Waals surface area contributed by atoms with Crippen LogP contribution in [0.3, 0.4) is 0 Å². The maximum absolute atomic E-state index is 12.1. The zero-order valence-corrected chi connectivity index (χ0v) is 11.1. The number of carbonyl (C=O) groups is 1. The van der Waals surface area contributed by atoms with Crippen LogP contribution in [-0.4, -0.2) is 20.9 Å². The van der Waals surface area contributed by atoms with Crippen molar-refractivity contribution in [3.05, 3.63) is 54.1 Å². The topological polar surface area (TPSA) is 70.7 Å². The predicted octanol–water partition coefficient (Wildman–Crippen LogP) is 2.45. The third-order valence-corrected chi connectivity index (χ3v) is 3.17. The van der Waals surface area contributed by atoms with Gasteiger partial charge in [-0.2, -0.15) is 0 Å². The van der Waals surface area contributed by atoms with E-state index in [0.29, 0.717) is 6.42 Å². The Morgan fingerprint density at radius 3 is 2.90 bits per heavy atom. The zero-order valence-electron chi connectivity index (χ0n) is 11.1. The lowest BCUT2D eigenvalue weighted by molar-refractivity contribution is -0.115. The van der Waals surface area contributed by atoms with Gasteiger partial charge < -0.3 is 10.3 Å². The molecule has 3 aromatic rings. The normalized spacial score (nSPS) is 10.7. The van der Waals surface area contributed by atoms with E-state index in [-0.39, 0.29) is 5.91 Å². The third-order valence-electron chi connectivity index (χ3n) is 3.17. The molecule has 0 fully saturated rings. The molecule has 0 aromatic carbocycles. The molecule has 0 aliphatic heterocycles. The van der Waals surface area contributed by atoms with Crippen molar-refractivity contribution in [2.24, 2.45) is 0 Å². The Bertz CT molecular complexity index is 763. The fourth-order valence-electron chi connectivity index (χ4n) is 2.14. The highest BCUT2D eigenvalue weighted by atomic mass is 16.1. The Morgan fingerprint density at radius 2 is 2.05 bits per heavy atom. The summed E-state index contributed by atoms with van der Waals surface area (Å²) >= 11 is 0. The van der Waals surface area contributed by atoms with Crippen LogP contribution in [0.2, 0.25) is 0 Å². The largest absolute Gasteiger partial charge is 0.346 e. The van der Waals surface area contributed by atoms with Crippen LogP contribution in [0.25, 0.3) is 11.0 Å². The highest BCUT2D eigenvalue weighted by molar-refractivity contribution is 5.95. The summed E-state index contributed by atoms with van der Waals surface area (Å²) in [5.74, 6) is -0.0640. The number of aromatic nitrogens is 3. The fourth-order valence-corrected chi connectivity index (χ4v) is 2.14. The number of hydrogen-bond donors (Lipinski definition) is 2. The lowest BCUT2D eigenvalue weighted by atomic mass is 10.1. The van der Waals surface area contributed by atoms with E-state index in [2.05, 4.69) is 20.3 Å². The molecule has 3 heterocycles. The Morgan fingerprint density at radius 1 is 1.25 bits per heavy atom. The van der Waals surface area contributed by atoms with Crippen molar-refractivity contribution in [3.8, 4) is 0 Å². The first-order valence-electron chi connectivity index (χ1n) is 6.36. The quantitative estimate of drug-likeness (QED) is 0.765. The van der Waals surface area contributed by atoms with Gasteiger partial charge in [0.1, 0.15) is 5.65 Å². The first-order valence-corrected chi connectivity index (χ1v) is 6.36. The van der Waals surface area contributed by atoms with Crippen LogP contribution in [-0.2, 0) is 11.2 Å². The fraction of sp³-hybridized carbons (Fsp3) is 0.133. The van der Waals surface area contributed by atoms with E-state index >= 15 is 0 Å². The summed E-state index contributed by atoms with van der Waals surface area (Å²) in [5.41, 5.74) is 3.29. The number of pyridine rings is 2. The van der Waals surface area contributed by atoms with Gasteiger partial charge in [0.25, 0.3) is 0 Å². The van der Waals surface area contributed by atoms with Crippen molar-refractivity contribution in [3.63, 3.8) is 0 Å². The van der Waals surface area contributed by atoms with Crippen molar-refractivity contribution in [2.75, 3.05) is 5.32 Å². The molecule has 0 saturated heterocycles. The smallest absolute Gasteiger partial charge is 0.228 e. The van der Waals surface area contributed by atoms with Crippen LogP contribution in [0.5, 0.6) is 0 Å². The lowest BCUT2D eigenvalue weighted by Gasteiger charge is -2.06. The van der Waals surface area contributed by atoms with Gasteiger partial charge >= 0.3 is 0 Å². The molecule has 0 aliphatic rings. The molecule has 2 N–H and O–H groups in total. The van der Waals surface area contributed by atoms with Crippen molar-refractivity contribution in [2.45, 2.75) is 13.3 Å². The number of aryl methyl sites for hydroxylation is 1. The minimum Gasteiger partial charge on any atom is -0.346 e. The van der Waals surface area contributed by atoms with Crippen molar-refractivity contribution in [1.29, 1.82) is 0 Å². The molecule has 0 unspecified atom stereocenters. The van der Waals surface area contributed by atoms with E-state index in [4.69, 9.17) is 0 Å². The number of amides is 1. The summed E-state index contributed by atoms with van der Waals surface area (Å²) in [6.45, 7) is 1.87. The second-order valence-electron chi connectivity index (χ2n) is 4.57. The van der Waals surface area contributed by atoms with Gasteiger partial charge in [-0.25, -0.2) is 4.98 Å². The highest BCUT2D eigenvalue weighted by Crippen LogP contribution is 2.17. The van der Waals surface area contributed by atoms with Gasteiger partial charge in [0, 0.05) is 24.0 Å². The molecule has 3 aromatic heterocycles. The van der Waals surface area contributed by atoms with Gasteiger partial charge in [-0.3, -0.25) is 9.78 Å². The number of nitrogens with one attached hydrogen (secondary N) is 2. The Kier molecular flexibility index (Phi) is 3.16. The maximum atomic E-state index is 12.1. The van der Waals surface area contributed by atoms with E-state index in [1.54, 1.807) is 18.5 Å². The number of H-pyrrole nitrogens is 1. The van der Waals surface area contributed by atoms with E-state index in [9.17, 15) is 4.79 Å². The van der Waals surface area contributed by atoms with Gasteiger partial charge in [0.05, 0.1) is 17.8 Å². The first kappa shape index (κ1) is 12.3. The SMILES string of the molecule is Cc1ncccc1NC(=O)Cc1c[nH]c2ncccc12. The van der Waals surface area contributed by atoms with Crippen molar-refractivity contribution >= 4 is 22.6 Å². The molecule has 1 amide bonds. The number of fused-ring (bicyclic) bond motifs is 1. The monoisotopic (exact) mass is 266 g/mol. The van der Waals surface area contributed by atoms with Gasteiger partial charge in [0.15, 0.2) is 0 Å². The minimum absolute atomic E-state index is 0.0640. The van der Waals surface area contributed by atoms with Crippen LogP contribution in [0.15, 0.2) is 42.9 Å². The van der Waals surface area contributed by atoms with E-state index in [1.807, 2.05) is 31.3 Å². The minimum atomic E-state index is -0.0640. The molecule has 5 nitrogen and oxygen atoms in total. The summed E-state index contributed by atoms with van der Waals surface area (Å²) in [7, 11) is 0. The van der Waals surface area contributed by atoms with Crippen LogP contribution >= 0.6 is 0 Å². The highest BCUT2D eigenvalue weighted by Gasteiger charge is 2.10. The molecule has 0 aliphatic carbocycles. The van der Waals surface area contributed by atoms with Crippen molar-refractivity contribution in [1.82, 2.24) is 15.0 Å². The van der Waals surface area contributed by atoms with Gasteiger partial charge in [-0.15, -0.1) is 0 Å². The standard InChI is InChI=1S/C15H14N4O/c1-10-13(5-3-6-16-10)19-14(20)8-11-9-18-15-12(11)4-2-7-17-15/h2-7,9H,8H2,1H3,(H,17,18)(H,19,20). The summed E-state index contributed by atoms with van der Waals surface area (Å²) < 4.78 is 0. The molecule has 0 spiro atoms. The third kappa shape index (κ3) is 2.38. The zero-order chi connectivity index (χ0) is 13.9. The number of rotatable bonds is 3. The van der Waals surface area contributed by atoms with Gasteiger partial charge in [-0.05, 0) is 36.8 Å². The molecule has 20 heavy (non-hydrogen) atoms. The second-order valence-corrected chi connectivity index (χ2v) is 4.57. The Hall–Kier alpha value is -2.69. The molecule has 0 radical (unpaired) electrons. The Balaban J connectivity index is 1.78. The maximum Gasteiger partial charge on any atom is 0.228 e. The van der Waals surface area contributed by atoms with Crippen LogP contribution in [0.1, 0.15) is 11.3 Å².